The molecule has 182 valence electrons. The van der Waals surface area contributed by atoms with Gasteiger partial charge in [0, 0.05) is 23.7 Å². The first-order chi connectivity index (χ1) is 15.4. The van der Waals surface area contributed by atoms with Crippen LogP contribution in [-0.4, -0.2) is 58.9 Å². The number of β-amino-alcohol motifs (C(OH)–C–C–N with tert-alkyl or cyclic N) is 1. The van der Waals surface area contributed by atoms with Gasteiger partial charge in [0.15, 0.2) is 5.82 Å². The molecule has 2 rings (SSSR count). The maximum atomic E-state index is 11.8. The summed E-state index contributed by atoms with van der Waals surface area (Å²) in [7, 11) is 1.57. The van der Waals surface area contributed by atoms with Gasteiger partial charge in [-0.1, -0.05) is 0 Å². The molecule has 0 saturated carbocycles. The molecule has 2 aromatic rings. The van der Waals surface area contributed by atoms with Crippen molar-refractivity contribution in [3.63, 3.8) is 0 Å². The van der Waals surface area contributed by atoms with Crippen LogP contribution < -0.4 is 25.6 Å². The summed E-state index contributed by atoms with van der Waals surface area (Å²) in [6, 6.07) is 8.73. The zero-order chi connectivity index (χ0) is 24.6. The Morgan fingerprint density at radius 2 is 1.82 bits per heavy atom. The molecule has 33 heavy (non-hydrogen) atoms. The number of carbonyl (C=O) groups is 1. The lowest BCUT2D eigenvalue weighted by Crippen LogP contribution is -2.42. The largest absolute Gasteiger partial charge is 0.497 e. The summed E-state index contributed by atoms with van der Waals surface area (Å²) in [5.74, 6) is 1.46. The fraction of sp³-hybridized carbons (Fsp3) is 0.522. The highest BCUT2D eigenvalue weighted by molar-refractivity contribution is 5.70. The van der Waals surface area contributed by atoms with E-state index in [1.807, 2.05) is 26.8 Å². The van der Waals surface area contributed by atoms with E-state index >= 15 is 0 Å². The molecule has 0 saturated heterocycles. The number of hydrazine groups is 1. The molecule has 0 radical (unpaired) electrons. The molecule has 10 nitrogen and oxygen atoms in total. The Labute approximate surface area is 195 Å². The normalized spacial score (nSPS) is 12.6. The number of aliphatic hydroxyl groups is 1. The van der Waals surface area contributed by atoms with E-state index in [-0.39, 0.29) is 12.1 Å². The Kier molecular flexibility index (Phi) is 8.84. The van der Waals surface area contributed by atoms with Crippen LogP contribution in [0.25, 0.3) is 11.3 Å². The van der Waals surface area contributed by atoms with E-state index in [2.05, 4.69) is 26.4 Å². The van der Waals surface area contributed by atoms with Gasteiger partial charge in [0.2, 0.25) is 0 Å². The molecule has 1 unspecified atom stereocenters. The monoisotopic (exact) mass is 461 g/mol. The van der Waals surface area contributed by atoms with Crippen LogP contribution in [0.15, 0.2) is 30.3 Å². The maximum absolute atomic E-state index is 11.8. The molecule has 10 heteroatoms. The summed E-state index contributed by atoms with van der Waals surface area (Å²) < 4.78 is 16.3. The van der Waals surface area contributed by atoms with Crippen molar-refractivity contribution >= 4 is 11.9 Å². The third kappa shape index (κ3) is 9.50. The number of methoxy groups -OCH3 is 1. The van der Waals surface area contributed by atoms with Gasteiger partial charge in [-0.05, 0) is 65.8 Å². The van der Waals surface area contributed by atoms with Crippen LogP contribution in [0.5, 0.6) is 11.5 Å². The predicted octanol–water partition coefficient (Wildman–Crippen LogP) is 3.13. The van der Waals surface area contributed by atoms with Gasteiger partial charge in [0.1, 0.15) is 29.8 Å². The maximum Gasteiger partial charge on any atom is 0.426 e. The van der Waals surface area contributed by atoms with E-state index in [1.54, 1.807) is 52.1 Å². The minimum Gasteiger partial charge on any atom is -0.497 e. The first-order valence-electron chi connectivity index (χ1n) is 10.7. The lowest BCUT2D eigenvalue weighted by Gasteiger charge is -2.23. The number of benzene rings is 1. The molecule has 0 fully saturated rings. The molecule has 0 spiro atoms. The Morgan fingerprint density at radius 1 is 1.09 bits per heavy atom. The van der Waals surface area contributed by atoms with Crippen LogP contribution in [0.2, 0.25) is 0 Å². The molecule has 1 heterocycles. The van der Waals surface area contributed by atoms with E-state index < -0.39 is 17.8 Å². The average Bonchev–Trinajstić information content (AvgIpc) is 2.73. The molecule has 4 N–H and O–H groups in total. The molecule has 0 aliphatic heterocycles. The Balaban J connectivity index is 2.07. The number of nitrogens with one attached hydrogen (secondary N) is 3. The van der Waals surface area contributed by atoms with Gasteiger partial charge >= 0.3 is 6.09 Å². The van der Waals surface area contributed by atoms with Gasteiger partial charge in [0.05, 0.1) is 12.8 Å². The van der Waals surface area contributed by atoms with Crippen LogP contribution in [0.1, 0.15) is 41.5 Å². The van der Waals surface area contributed by atoms with Crippen molar-refractivity contribution in [3.8, 4) is 22.8 Å². The number of rotatable bonds is 9. The van der Waals surface area contributed by atoms with Crippen LogP contribution >= 0.6 is 0 Å². The molecule has 0 aliphatic carbocycles. The van der Waals surface area contributed by atoms with Crippen molar-refractivity contribution in [3.05, 3.63) is 30.3 Å². The third-order valence-electron chi connectivity index (χ3n) is 4.12. The van der Waals surface area contributed by atoms with E-state index in [9.17, 15) is 9.90 Å². The zero-order valence-electron chi connectivity index (χ0n) is 20.4. The fourth-order valence-corrected chi connectivity index (χ4v) is 2.59. The average molecular weight is 462 g/mol. The molecule has 0 aliphatic rings. The lowest BCUT2D eigenvalue weighted by atomic mass is 10.1. The van der Waals surface area contributed by atoms with E-state index in [0.717, 1.165) is 0 Å². The van der Waals surface area contributed by atoms with Crippen LogP contribution in [0.4, 0.5) is 10.6 Å². The minimum absolute atomic E-state index is 0.0934. The third-order valence-corrected chi connectivity index (χ3v) is 4.12. The van der Waals surface area contributed by atoms with Crippen molar-refractivity contribution in [2.24, 2.45) is 0 Å². The van der Waals surface area contributed by atoms with Crippen LogP contribution in [0, 0.1) is 0 Å². The number of hydrogen-bond donors (Lipinski definition) is 4. The van der Waals surface area contributed by atoms with Gasteiger partial charge in [-0.3, -0.25) is 5.43 Å². The predicted molar refractivity (Wildman–Crippen MR) is 126 cm³/mol. The van der Waals surface area contributed by atoms with Gasteiger partial charge in [-0.15, -0.1) is 10.2 Å². The summed E-state index contributed by atoms with van der Waals surface area (Å²) >= 11 is 0. The first kappa shape index (κ1) is 26.1. The SMILES string of the molecule is COc1ccc(-c2ccc(NNC(=O)OC(C)(C)C)nn2)c(OCC(O)CNC(C)(C)C)c1. The van der Waals surface area contributed by atoms with Crippen LogP contribution in [0.3, 0.4) is 0 Å². The minimum atomic E-state index is -0.695. The second kappa shape index (κ2) is 11.2. The van der Waals surface area contributed by atoms with Crippen molar-refractivity contribution in [2.45, 2.75) is 58.8 Å². The smallest absolute Gasteiger partial charge is 0.426 e. The molecule has 1 atom stereocenters. The van der Waals surface area contributed by atoms with Gasteiger partial charge in [-0.25, -0.2) is 10.2 Å². The number of amides is 1. The second-order valence-corrected chi connectivity index (χ2v) is 9.51. The van der Waals surface area contributed by atoms with Crippen molar-refractivity contribution in [1.82, 2.24) is 20.9 Å². The number of hydrogen-bond acceptors (Lipinski definition) is 9. The van der Waals surface area contributed by atoms with E-state index in [0.29, 0.717) is 35.1 Å². The number of aromatic nitrogens is 2. The summed E-state index contributed by atoms with van der Waals surface area (Å²) in [6.07, 6.45) is -1.32. The quantitative estimate of drug-likeness (QED) is 0.417. The van der Waals surface area contributed by atoms with E-state index in [4.69, 9.17) is 14.2 Å². The van der Waals surface area contributed by atoms with Crippen molar-refractivity contribution in [2.75, 3.05) is 25.7 Å². The van der Waals surface area contributed by atoms with E-state index in [1.165, 1.54) is 0 Å². The molecule has 1 amide bonds. The molecule has 1 aromatic carbocycles. The zero-order valence-corrected chi connectivity index (χ0v) is 20.4. The first-order valence-corrected chi connectivity index (χ1v) is 10.7. The highest BCUT2D eigenvalue weighted by atomic mass is 16.6. The molecular formula is C23H35N5O5. The molecular weight excluding hydrogens is 426 g/mol. The van der Waals surface area contributed by atoms with Crippen molar-refractivity contribution in [1.29, 1.82) is 0 Å². The van der Waals surface area contributed by atoms with Crippen LogP contribution in [-0.2, 0) is 4.74 Å². The summed E-state index contributed by atoms with van der Waals surface area (Å²) in [5, 5.41) is 21.8. The number of anilines is 1. The standard InChI is InChI=1S/C23H35N5O5/c1-22(2,3)24-13-15(29)14-32-19-12-16(31-7)8-9-17(19)18-10-11-20(26-25-18)27-28-21(30)33-23(4,5)6/h8-12,15,24,29H,13-14H2,1-7H3,(H,26,27)(H,28,30). The highest BCUT2D eigenvalue weighted by Gasteiger charge is 2.17. The number of nitrogens with zero attached hydrogens (tertiary/aromatic N) is 2. The number of aliphatic hydroxyl groups excluding tert-OH is 1. The van der Waals surface area contributed by atoms with Crippen molar-refractivity contribution < 1.29 is 24.1 Å². The Morgan fingerprint density at radius 3 is 2.39 bits per heavy atom. The van der Waals surface area contributed by atoms with Gasteiger partial charge < -0.3 is 24.6 Å². The summed E-state index contributed by atoms with van der Waals surface area (Å²) in [5.41, 5.74) is 5.59. The van der Waals surface area contributed by atoms with Gasteiger partial charge in [0.25, 0.3) is 0 Å². The fourth-order valence-electron chi connectivity index (χ4n) is 2.59. The second-order valence-electron chi connectivity index (χ2n) is 9.51. The molecule has 1 aromatic heterocycles. The van der Waals surface area contributed by atoms with Gasteiger partial charge in [-0.2, -0.15) is 0 Å². The summed E-state index contributed by atoms with van der Waals surface area (Å²) in [6.45, 7) is 11.9. The number of ether oxygens (including phenoxy) is 3. The topological polar surface area (TPSA) is 127 Å². The lowest BCUT2D eigenvalue weighted by molar-refractivity contribution is 0.0540. The molecule has 0 bridgehead atoms. The number of carbonyl (C=O) groups excluding carboxylic acids is 1. The Hall–Kier alpha value is -3.11. The Bertz CT molecular complexity index is 907. The highest BCUT2D eigenvalue weighted by Crippen LogP contribution is 2.32. The summed E-state index contributed by atoms with van der Waals surface area (Å²) in [4.78, 5) is 11.8.